The zero-order valence-corrected chi connectivity index (χ0v) is 10.4. The highest BCUT2D eigenvalue weighted by molar-refractivity contribution is 5.85. The average molecular weight is 247 g/mol. The molecule has 1 aliphatic heterocycles. The number of rotatable bonds is 3. The van der Waals surface area contributed by atoms with Crippen LogP contribution in [0.2, 0.25) is 0 Å². The van der Waals surface area contributed by atoms with Crippen LogP contribution in [0.1, 0.15) is 31.0 Å². The monoisotopic (exact) mass is 246 g/mol. The van der Waals surface area contributed by atoms with Crippen LogP contribution in [0.3, 0.4) is 0 Å². The standard InChI is InChI=1S/C10H18N4O.ClH/c1-8-12-10(15-13-8)7-14-5-3-2-4-9(14)6-11;/h9H,2-7,11H2,1H3;1H. The van der Waals surface area contributed by atoms with Gasteiger partial charge in [0, 0.05) is 12.6 Å². The average Bonchev–Trinajstić information content (AvgIpc) is 2.65. The summed E-state index contributed by atoms with van der Waals surface area (Å²) >= 11 is 0. The maximum Gasteiger partial charge on any atom is 0.240 e. The van der Waals surface area contributed by atoms with Gasteiger partial charge in [0.1, 0.15) is 0 Å². The molecule has 0 saturated carbocycles. The summed E-state index contributed by atoms with van der Waals surface area (Å²) in [6, 6.07) is 0.478. The maximum absolute atomic E-state index is 5.74. The number of aryl methyl sites for hydroxylation is 1. The van der Waals surface area contributed by atoms with E-state index < -0.39 is 0 Å². The summed E-state index contributed by atoms with van der Waals surface area (Å²) in [5.74, 6) is 1.40. The van der Waals surface area contributed by atoms with Crippen LogP contribution in [0.4, 0.5) is 0 Å². The lowest BCUT2D eigenvalue weighted by Crippen LogP contribution is -2.43. The lowest BCUT2D eigenvalue weighted by Gasteiger charge is -2.33. The molecular weight excluding hydrogens is 228 g/mol. The van der Waals surface area contributed by atoms with E-state index in [4.69, 9.17) is 10.3 Å². The second-order valence-electron chi connectivity index (χ2n) is 4.09. The molecule has 5 nitrogen and oxygen atoms in total. The normalized spacial score (nSPS) is 21.8. The largest absolute Gasteiger partial charge is 0.338 e. The van der Waals surface area contributed by atoms with Crippen molar-refractivity contribution in [3.05, 3.63) is 11.7 Å². The van der Waals surface area contributed by atoms with Crippen LogP contribution in [0.15, 0.2) is 4.52 Å². The van der Waals surface area contributed by atoms with Crippen molar-refractivity contribution in [3.63, 3.8) is 0 Å². The zero-order valence-electron chi connectivity index (χ0n) is 9.56. The topological polar surface area (TPSA) is 68.2 Å². The molecule has 1 unspecified atom stereocenters. The fourth-order valence-electron chi connectivity index (χ4n) is 2.11. The van der Waals surface area contributed by atoms with Crippen molar-refractivity contribution in [2.24, 2.45) is 5.73 Å². The Morgan fingerprint density at radius 1 is 1.50 bits per heavy atom. The third kappa shape index (κ3) is 3.17. The van der Waals surface area contributed by atoms with E-state index in [0.29, 0.717) is 24.3 Å². The molecule has 0 bridgehead atoms. The number of aromatic nitrogens is 2. The summed E-state index contributed by atoms with van der Waals surface area (Å²) in [6.07, 6.45) is 3.70. The predicted molar refractivity (Wildman–Crippen MR) is 63.4 cm³/mol. The van der Waals surface area contributed by atoms with Gasteiger partial charge in [0.2, 0.25) is 5.89 Å². The molecule has 0 radical (unpaired) electrons. The molecule has 1 saturated heterocycles. The molecule has 0 aliphatic carbocycles. The van der Waals surface area contributed by atoms with Crippen molar-refractivity contribution in [3.8, 4) is 0 Å². The molecule has 0 aromatic carbocycles. The molecule has 1 aromatic rings. The first-order valence-corrected chi connectivity index (χ1v) is 5.53. The third-order valence-corrected chi connectivity index (χ3v) is 2.93. The first-order chi connectivity index (χ1) is 7.29. The summed E-state index contributed by atoms with van der Waals surface area (Å²) in [5, 5.41) is 3.79. The highest BCUT2D eigenvalue weighted by Crippen LogP contribution is 2.18. The van der Waals surface area contributed by atoms with Crippen molar-refractivity contribution in [1.29, 1.82) is 0 Å². The van der Waals surface area contributed by atoms with Crippen molar-refractivity contribution in [2.45, 2.75) is 38.8 Å². The van der Waals surface area contributed by atoms with E-state index in [2.05, 4.69) is 15.0 Å². The van der Waals surface area contributed by atoms with Gasteiger partial charge in [-0.2, -0.15) is 4.98 Å². The number of hydrogen-bond donors (Lipinski definition) is 1. The lowest BCUT2D eigenvalue weighted by atomic mass is 10.0. The number of hydrogen-bond acceptors (Lipinski definition) is 5. The minimum absolute atomic E-state index is 0. The number of nitrogens with zero attached hydrogens (tertiary/aromatic N) is 3. The lowest BCUT2D eigenvalue weighted by molar-refractivity contribution is 0.128. The summed E-state index contributed by atoms with van der Waals surface area (Å²) < 4.78 is 5.12. The summed E-state index contributed by atoms with van der Waals surface area (Å²) in [6.45, 7) is 4.38. The molecule has 1 aromatic heterocycles. The molecule has 0 spiro atoms. The maximum atomic E-state index is 5.74. The first-order valence-electron chi connectivity index (χ1n) is 5.53. The minimum Gasteiger partial charge on any atom is -0.338 e. The molecule has 1 atom stereocenters. The van der Waals surface area contributed by atoms with Crippen molar-refractivity contribution >= 4 is 12.4 Å². The van der Waals surface area contributed by atoms with Crippen LogP contribution < -0.4 is 5.73 Å². The first kappa shape index (κ1) is 13.4. The van der Waals surface area contributed by atoms with E-state index >= 15 is 0 Å². The van der Waals surface area contributed by atoms with Crippen molar-refractivity contribution in [2.75, 3.05) is 13.1 Å². The Morgan fingerprint density at radius 3 is 2.94 bits per heavy atom. The highest BCUT2D eigenvalue weighted by atomic mass is 35.5. The van der Waals surface area contributed by atoms with E-state index in [1.807, 2.05) is 6.92 Å². The Bertz CT molecular complexity index is 318. The molecular formula is C10H19ClN4O. The van der Waals surface area contributed by atoms with Gasteiger partial charge in [0.25, 0.3) is 0 Å². The Morgan fingerprint density at radius 2 is 2.31 bits per heavy atom. The molecule has 92 valence electrons. The second kappa shape index (κ2) is 6.18. The molecule has 2 N–H and O–H groups in total. The minimum atomic E-state index is 0. The SMILES string of the molecule is Cc1noc(CN2CCCCC2CN)n1.Cl. The Kier molecular flexibility index (Phi) is 5.18. The molecule has 0 amide bonds. The van der Waals surface area contributed by atoms with E-state index in [9.17, 15) is 0 Å². The van der Waals surface area contributed by atoms with Crippen molar-refractivity contribution < 1.29 is 4.52 Å². The van der Waals surface area contributed by atoms with Crippen molar-refractivity contribution in [1.82, 2.24) is 15.0 Å². The van der Waals surface area contributed by atoms with Crippen LogP contribution in [0.5, 0.6) is 0 Å². The van der Waals surface area contributed by atoms with Gasteiger partial charge in [-0.05, 0) is 26.3 Å². The third-order valence-electron chi connectivity index (χ3n) is 2.93. The Hall–Kier alpha value is -0.650. The molecule has 16 heavy (non-hydrogen) atoms. The fraction of sp³-hybridized carbons (Fsp3) is 0.800. The van der Waals surface area contributed by atoms with E-state index in [1.54, 1.807) is 0 Å². The van der Waals surface area contributed by atoms with Crippen LogP contribution in [-0.2, 0) is 6.54 Å². The van der Waals surface area contributed by atoms with Gasteiger partial charge >= 0.3 is 0 Å². The Balaban J connectivity index is 0.00000128. The van der Waals surface area contributed by atoms with E-state index in [-0.39, 0.29) is 12.4 Å². The number of nitrogens with two attached hydrogens (primary N) is 1. The van der Waals surface area contributed by atoms with Gasteiger partial charge in [0.05, 0.1) is 6.54 Å². The van der Waals surface area contributed by atoms with Crippen LogP contribution in [0.25, 0.3) is 0 Å². The number of halogens is 1. The highest BCUT2D eigenvalue weighted by Gasteiger charge is 2.22. The van der Waals surface area contributed by atoms with Gasteiger partial charge < -0.3 is 10.3 Å². The molecule has 2 rings (SSSR count). The smallest absolute Gasteiger partial charge is 0.240 e. The predicted octanol–water partition coefficient (Wildman–Crippen LogP) is 1.11. The summed E-state index contributed by atoms with van der Waals surface area (Å²) in [7, 11) is 0. The number of likely N-dealkylation sites (tertiary alicyclic amines) is 1. The van der Waals surface area contributed by atoms with Crippen LogP contribution in [-0.4, -0.2) is 34.2 Å². The number of piperidine rings is 1. The second-order valence-corrected chi connectivity index (χ2v) is 4.09. The van der Waals surface area contributed by atoms with Crippen LogP contribution >= 0.6 is 12.4 Å². The molecule has 1 fully saturated rings. The van der Waals surface area contributed by atoms with Gasteiger partial charge in [-0.1, -0.05) is 11.6 Å². The fourth-order valence-corrected chi connectivity index (χ4v) is 2.11. The van der Waals surface area contributed by atoms with Crippen LogP contribution in [0, 0.1) is 6.92 Å². The Labute approximate surface area is 102 Å². The van der Waals surface area contributed by atoms with Gasteiger partial charge in [0.15, 0.2) is 5.82 Å². The molecule has 1 aliphatic rings. The summed E-state index contributed by atoms with van der Waals surface area (Å²) in [4.78, 5) is 6.56. The van der Waals surface area contributed by atoms with E-state index in [0.717, 1.165) is 13.1 Å². The zero-order chi connectivity index (χ0) is 10.7. The molecule has 2 heterocycles. The van der Waals surface area contributed by atoms with Gasteiger partial charge in [-0.3, -0.25) is 4.90 Å². The van der Waals surface area contributed by atoms with Gasteiger partial charge in [-0.15, -0.1) is 12.4 Å². The van der Waals surface area contributed by atoms with E-state index in [1.165, 1.54) is 19.3 Å². The molecule has 6 heteroatoms. The summed E-state index contributed by atoms with van der Waals surface area (Å²) in [5.41, 5.74) is 5.74. The quantitative estimate of drug-likeness (QED) is 0.866. The van der Waals surface area contributed by atoms with Gasteiger partial charge in [-0.25, -0.2) is 0 Å².